The molecule has 0 atom stereocenters. The van der Waals surface area contributed by atoms with Gasteiger partial charge in [0.15, 0.2) is 5.82 Å². The zero-order valence-corrected chi connectivity index (χ0v) is 10.7. The lowest BCUT2D eigenvalue weighted by Crippen LogP contribution is -2.24. The van der Waals surface area contributed by atoms with Crippen molar-refractivity contribution in [1.82, 2.24) is 20.5 Å². The highest BCUT2D eigenvalue weighted by molar-refractivity contribution is 5.95. The Hall–Kier alpha value is -2.21. The number of carbonyl (C=O) groups is 1. The van der Waals surface area contributed by atoms with E-state index in [9.17, 15) is 4.79 Å². The van der Waals surface area contributed by atoms with Gasteiger partial charge in [-0.25, -0.2) is 4.98 Å². The number of amides is 1. The fraction of sp³-hybridized carbons (Fsp3) is 0.308. The van der Waals surface area contributed by atoms with E-state index in [0.29, 0.717) is 24.4 Å². The molecule has 0 fully saturated rings. The standard InChI is InChI=1S/C13H16N4O2/c1-9-15-12(17-16-9)10-4-2-5-11(8-10)13(19)14-6-3-7-18/h2,4-5,8,18H,3,6-7H2,1H3,(H,14,19)(H,15,16,17). The Bertz CT molecular complexity index is 565. The molecule has 2 aromatic rings. The van der Waals surface area contributed by atoms with Gasteiger partial charge in [-0.1, -0.05) is 12.1 Å². The van der Waals surface area contributed by atoms with Gasteiger partial charge in [0.05, 0.1) is 0 Å². The number of aromatic amines is 1. The lowest BCUT2D eigenvalue weighted by atomic mass is 10.1. The van der Waals surface area contributed by atoms with Crippen LogP contribution in [0.5, 0.6) is 0 Å². The Morgan fingerprint density at radius 2 is 2.32 bits per heavy atom. The molecule has 1 heterocycles. The molecular weight excluding hydrogens is 244 g/mol. The lowest BCUT2D eigenvalue weighted by molar-refractivity contribution is 0.0951. The minimum Gasteiger partial charge on any atom is -0.396 e. The lowest BCUT2D eigenvalue weighted by Gasteiger charge is -2.05. The van der Waals surface area contributed by atoms with Gasteiger partial charge in [-0.2, -0.15) is 5.10 Å². The van der Waals surface area contributed by atoms with Gasteiger partial charge in [0, 0.05) is 24.3 Å². The third-order valence-electron chi connectivity index (χ3n) is 2.60. The van der Waals surface area contributed by atoms with E-state index in [4.69, 9.17) is 5.11 Å². The van der Waals surface area contributed by atoms with Gasteiger partial charge < -0.3 is 10.4 Å². The molecule has 0 bridgehead atoms. The first kappa shape index (κ1) is 13.2. The first-order valence-electron chi connectivity index (χ1n) is 6.09. The Morgan fingerprint density at radius 1 is 1.47 bits per heavy atom. The van der Waals surface area contributed by atoms with E-state index in [-0.39, 0.29) is 12.5 Å². The largest absolute Gasteiger partial charge is 0.396 e. The predicted molar refractivity (Wildman–Crippen MR) is 70.6 cm³/mol. The SMILES string of the molecule is Cc1nc(-c2cccc(C(=O)NCCCO)c2)n[nH]1. The third-order valence-corrected chi connectivity index (χ3v) is 2.60. The van der Waals surface area contributed by atoms with Gasteiger partial charge in [0.1, 0.15) is 5.82 Å². The molecule has 0 saturated carbocycles. The normalized spacial score (nSPS) is 10.4. The highest BCUT2D eigenvalue weighted by atomic mass is 16.3. The maximum atomic E-state index is 11.9. The van der Waals surface area contributed by atoms with E-state index in [1.807, 2.05) is 13.0 Å². The van der Waals surface area contributed by atoms with Crippen molar-refractivity contribution >= 4 is 5.91 Å². The minimum atomic E-state index is -0.164. The smallest absolute Gasteiger partial charge is 0.251 e. The van der Waals surface area contributed by atoms with Gasteiger partial charge >= 0.3 is 0 Å². The van der Waals surface area contributed by atoms with Gasteiger partial charge in [0.2, 0.25) is 0 Å². The van der Waals surface area contributed by atoms with Crippen molar-refractivity contribution in [2.24, 2.45) is 0 Å². The molecule has 6 nitrogen and oxygen atoms in total. The molecule has 0 aliphatic heterocycles. The Labute approximate surface area is 110 Å². The average Bonchev–Trinajstić information content (AvgIpc) is 2.86. The Balaban J connectivity index is 2.13. The van der Waals surface area contributed by atoms with Crippen LogP contribution in [0.3, 0.4) is 0 Å². The quantitative estimate of drug-likeness (QED) is 0.696. The predicted octanol–water partition coefficient (Wildman–Crippen LogP) is 0.892. The van der Waals surface area contributed by atoms with E-state index in [2.05, 4.69) is 20.5 Å². The number of aliphatic hydroxyl groups excluding tert-OH is 1. The summed E-state index contributed by atoms with van der Waals surface area (Å²) in [4.78, 5) is 16.1. The number of carbonyl (C=O) groups excluding carboxylic acids is 1. The molecule has 100 valence electrons. The Morgan fingerprint density at radius 3 is 3.00 bits per heavy atom. The summed E-state index contributed by atoms with van der Waals surface area (Å²) in [6.07, 6.45) is 0.547. The second kappa shape index (κ2) is 6.10. The summed E-state index contributed by atoms with van der Waals surface area (Å²) in [6, 6.07) is 7.13. The summed E-state index contributed by atoms with van der Waals surface area (Å²) >= 11 is 0. The van der Waals surface area contributed by atoms with Crippen LogP contribution in [-0.2, 0) is 0 Å². The third kappa shape index (κ3) is 3.38. The number of nitrogens with zero attached hydrogens (tertiary/aromatic N) is 2. The monoisotopic (exact) mass is 260 g/mol. The maximum absolute atomic E-state index is 11.9. The van der Waals surface area contributed by atoms with Crippen LogP contribution in [0, 0.1) is 6.92 Å². The molecule has 0 spiro atoms. The molecule has 3 N–H and O–H groups in total. The number of H-pyrrole nitrogens is 1. The minimum absolute atomic E-state index is 0.0663. The topological polar surface area (TPSA) is 90.9 Å². The van der Waals surface area contributed by atoms with Crippen LogP contribution >= 0.6 is 0 Å². The number of hydrogen-bond donors (Lipinski definition) is 3. The molecule has 0 aliphatic carbocycles. The summed E-state index contributed by atoms with van der Waals surface area (Å²) < 4.78 is 0. The van der Waals surface area contributed by atoms with E-state index >= 15 is 0 Å². The molecule has 1 aromatic heterocycles. The van der Waals surface area contributed by atoms with Gasteiger partial charge in [-0.15, -0.1) is 0 Å². The molecule has 0 unspecified atom stereocenters. The van der Waals surface area contributed by atoms with Crippen LogP contribution < -0.4 is 5.32 Å². The first-order chi connectivity index (χ1) is 9.20. The summed E-state index contributed by atoms with van der Waals surface area (Å²) in [5.41, 5.74) is 1.34. The number of aryl methyl sites for hydroxylation is 1. The molecule has 19 heavy (non-hydrogen) atoms. The number of aromatic nitrogens is 3. The molecular formula is C13H16N4O2. The zero-order valence-electron chi connectivity index (χ0n) is 10.7. The van der Waals surface area contributed by atoms with Crippen LogP contribution in [0.15, 0.2) is 24.3 Å². The van der Waals surface area contributed by atoms with Crippen LogP contribution in [0.1, 0.15) is 22.6 Å². The van der Waals surface area contributed by atoms with Gasteiger partial charge in [-0.3, -0.25) is 9.89 Å². The zero-order chi connectivity index (χ0) is 13.7. The summed E-state index contributed by atoms with van der Waals surface area (Å²) in [7, 11) is 0. The summed E-state index contributed by atoms with van der Waals surface area (Å²) in [5.74, 6) is 1.14. The molecule has 0 radical (unpaired) electrons. The summed E-state index contributed by atoms with van der Waals surface area (Å²) in [6.45, 7) is 2.35. The van der Waals surface area contributed by atoms with Crippen molar-refractivity contribution in [2.75, 3.05) is 13.2 Å². The van der Waals surface area contributed by atoms with Crippen LogP contribution in [0.25, 0.3) is 11.4 Å². The van der Waals surface area contributed by atoms with Crippen molar-refractivity contribution in [2.45, 2.75) is 13.3 Å². The van der Waals surface area contributed by atoms with Crippen molar-refractivity contribution in [1.29, 1.82) is 0 Å². The Kier molecular flexibility index (Phi) is 4.25. The number of aliphatic hydroxyl groups is 1. The maximum Gasteiger partial charge on any atom is 0.251 e. The van der Waals surface area contributed by atoms with Crippen molar-refractivity contribution in [3.8, 4) is 11.4 Å². The van der Waals surface area contributed by atoms with E-state index in [0.717, 1.165) is 11.4 Å². The van der Waals surface area contributed by atoms with Crippen molar-refractivity contribution in [3.63, 3.8) is 0 Å². The van der Waals surface area contributed by atoms with Crippen LogP contribution in [0.2, 0.25) is 0 Å². The van der Waals surface area contributed by atoms with Crippen molar-refractivity contribution < 1.29 is 9.90 Å². The molecule has 1 amide bonds. The molecule has 1 aromatic carbocycles. The number of hydrogen-bond acceptors (Lipinski definition) is 4. The summed E-state index contributed by atoms with van der Waals surface area (Å²) in [5, 5.41) is 18.2. The first-order valence-corrected chi connectivity index (χ1v) is 6.09. The fourth-order valence-corrected chi connectivity index (χ4v) is 1.65. The van der Waals surface area contributed by atoms with E-state index in [1.54, 1.807) is 18.2 Å². The average molecular weight is 260 g/mol. The van der Waals surface area contributed by atoms with E-state index in [1.165, 1.54) is 0 Å². The van der Waals surface area contributed by atoms with Crippen LogP contribution in [-0.4, -0.2) is 39.3 Å². The fourth-order valence-electron chi connectivity index (χ4n) is 1.65. The highest BCUT2D eigenvalue weighted by Gasteiger charge is 2.08. The van der Waals surface area contributed by atoms with E-state index < -0.39 is 0 Å². The van der Waals surface area contributed by atoms with Crippen LogP contribution in [0.4, 0.5) is 0 Å². The van der Waals surface area contributed by atoms with Gasteiger partial charge in [-0.05, 0) is 25.5 Å². The second-order valence-corrected chi connectivity index (χ2v) is 4.16. The number of benzene rings is 1. The number of rotatable bonds is 5. The molecule has 6 heteroatoms. The molecule has 2 rings (SSSR count). The van der Waals surface area contributed by atoms with Gasteiger partial charge in [0.25, 0.3) is 5.91 Å². The molecule has 0 saturated heterocycles. The van der Waals surface area contributed by atoms with Crippen molar-refractivity contribution in [3.05, 3.63) is 35.7 Å². The highest BCUT2D eigenvalue weighted by Crippen LogP contribution is 2.16. The molecule has 0 aliphatic rings. The second-order valence-electron chi connectivity index (χ2n) is 4.16. The number of nitrogens with one attached hydrogen (secondary N) is 2.